The third kappa shape index (κ3) is 4.10. The number of carbonyl (C=O) groups is 1. The number of nitrogens with zero attached hydrogens (tertiary/aromatic N) is 2. The summed E-state index contributed by atoms with van der Waals surface area (Å²) in [5.41, 5.74) is 0.926. The van der Waals surface area contributed by atoms with Crippen molar-refractivity contribution in [2.24, 2.45) is 0 Å². The fourth-order valence-corrected chi connectivity index (χ4v) is 2.18. The lowest BCUT2D eigenvalue weighted by atomic mass is 10.2. The van der Waals surface area contributed by atoms with Gasteiger partial charge in [0, 0.05) is 12.2 Å². The van der Waals surface area contributed by atoms with Crippen molar-refractivity contribution in [1.29, 1.82) is 0 Å². The molecule has 0 spiro atoms. The summed E-state index contributed by atoms with van der Waals surface area (Å²) in [7, 11) is 0. The highest BCUT2D eigenvalue weighted by atomic mass is 79.9. The Morgan fingerprint density at radius 1 is 1.36 bits per heavy atom. The molecule has 0 saturated heterocycles. The van der Waals surface area contributed by atoms with E-state index in [1.54, 1.807) is 11.6 Å². The number of amides is 1. The standard InChI is InChI=1S/C16H20BrN3O2/c1-4-11(2)18-15(21)12(3)22-16-14(17)10-20(19-16)13-8-6-5-7-9-13/h5-12H,4H2,1-3H3,(H,18,21)/t11-,12+/m1/s1. The molecule has 2 rings (SSSR count). The molecule has 0 radical (unpaired) electrons. The number of para-hydroxylation sites is 1. The molecule has 0 aliphatic rings. The lowest BCUT2D eigenvalue weighted by Crippen LogP contribution is -2.41. The van der Waals surface area contributed by atoms with E-state index in [9.17, 15) is 4.79 Å². The Labute approximate surface area is 138 Å². The predicted octanol–water partition coefficient (Wildman–Crippen LogP) is 3.32. The van der Waals surface area contributed by atoms with Crippen LogP contribution in [0.25, 0.3) is 5.69 Å². The molecule has 118 valence electrons. The maximum absolute atomic E-state index is 12.0. The molecule has 1 heterocycles. The van der Waals surface area contributed by atoms with Crippen LogP contribution in [-0.4, -0.2) is 27.8 Å². The molecule has 0 aliphatic carbocycles. The molecule has 6 heteroatoms. The van der Waals surface area contributed by atoms with Crippen LogP contribution in [-0.2, 0) is 4.79 Å². The molecule has 5 nitrogen and oxygen atoms in total. The first-order valence-electron chi connectivity index (χ1n) is 7.29. The van der Waals surface area contributed by atoms with E-state index in [0.29, 0.717) is 10.4 Å². The Balaban J connectivity index is 2.07. The van der Waals surface area contributed by atoms with E-state index in [1.807, 2.05) is 50.4 Å². The van der Waals surface area contributed by atoms with Gasteiger partial charge in [-0.05, 0) is 48.3 Å². The molecule has 22 heavy (non-hydrogen) atoms. The normalized spacial score (nSPS) is 13.5. The number of halogens is 1. The molecular formula is C16H20BrN3O2. The molecule has 0 saturated carbocycles. The Bertz CT molecular complexity index is 628. The number of ether oxygens (including phenoxy) is 1. The van der Waals surface area contributed by atoms with Gasteiger partial charge in [0.1, 0.15) is 0 Å². The molecule has 0 unspecified atom stereocenters. The minimum Gasteiger partial charge on any atom is -0.463 e. The fourth-order valence-electron chi connectivity index (χ4n) is 1.81. The molecule has 1 aromatic heterocycles. The second-order valence-electron chi connectivity index (χ2n) is 5.14. The summed E-state index contributed by atoms with van der Waals surface area (Å²) in [6.07, 6.45) is 2.08. The first kappa shape index (κ1) is 16.5. The SMILES string of the molecule is CC[C@@H](C)NC(=O)[C@H](C)Oc1nn(-c2ccccc2)cc1Br. The van der Waals surface area contributed by atoms with Crippen molar-refractivity contribution in [2.75, 3.05) is 0 Å². The van der Waals surface area contributed by atoms with E-state index in [4.69, 9.17) is 4.74 Å². The maximum atomic E-state index is 12.0. The van der Waals surface area contributed by atoms with Crippen LogP contribution in [0.4, 0.5) is 0 Å². The third-order valence-electron chi connectivity index (χ3n) is 3.32. The Morgan fingerprint density at radius 2 is 2.05 bits per heavy atom. The van der Waals surface area contributed by atoms with Gasteiger partial charge in [-0.3, -0.25) is 4.79 Å². The monoisotopic (exact) mass is 365 g/mol. The smallest absolute Gasteiger partial charge is 0.261 e. The molecule has 2 atom stereocenters. The highest BCUT2D eigenvalue weighted by Gasteiger charge is 2.19. The Morgan fingerprint density at radius 3 is 2.68 bits per heavy atom. The van der Waals surface area contributed by atoms with Crippen LogP contribution in [0, 0.1) is 0 Å². The molecule has 0 bridgehead atoms. The predicted molar refractivity (Wildman–Crippen MR) is 89.2 cm³/mol. The molecule has 0 aliphatic heterocycles. The second-order valence-corrected chi connectivity index (χ2v) is 5.99. The second kappa shape index (κ2) is 7.45. The van der Waals surface area contributed by atoms with Crippen molar-refractivity contribution in [2.45, 2.75) is 39.3 Å². The van der Waals surface area contributed by atoms with Crippen LogP contribution < -0.4 is 10.1 Å². The van der Waals surface area contributed by atoms with Gasteiger partial charge in [-0.1, -0.05) is 25.1 Å². The largest absolute Gasteiger partial charge is 0.463 e. The number of nitrogens with one attached hydrogen (secondary N) is 1. The summed E-state index contributed by atoms with van der Waals surface area (Å²) in [5.74, 6) is 0.256. The van der Waals surface area contributed by atoms with E-state index >= 15 is 0 Å². The highest BCUT2D eigenvalue weighted by Crippen LogP contribution is 2.25. The topological polar surface area (TPSA) is 56.1 Å². The van der Waals surface area contributed by atoms with Crippen LogP contribution in [0.5, 0.6) is 5.88 Å². The van der Waals surface area contributed by atoms with Gasteiger partial charge < -0.3 is 10.1 Å². The third-order valence-corrected chi connectivity index (χ3v) is 3.86. The minimum absolute atomic E-state index is 0.129. The first-order chi connectivity index (χ1) is 10.5. The number of benzene rings is 1. The van der Waals surface area contributed by atoms with Crippen LogP contribution in [0.3, 0.4) is 0 Å². The number of aromatic nitrogens is 2. The van der Waals surface area contributed by atoms with Crippen LogP contribution in [0.1, 0.15) is 27.2 Å². The summed E-state index contributed by atoms with van der Waals surface area (Å²) in [6.45, 7) is 5.70. The average molecular weight is 366 g/mol. The summed E-state index contributed by atoms with van der Waals surface area (Å²) >= 11 is 3.42. The van der Waals surface area contributed by atoms with Gasteiger partial charge in [0.25, 0.3) is 5.91 Å². The van der Waals surface area contributed by atoms with Gasteiger partial charge in [-0.15, -0.1) is 5.10 Å². The van der Waals surface area contributed by atoms with Gasteiger partial charge in [0.05, 0.1) is 10.2 Å². The van der Waals surface area contributed by atoms with E-state index in [-0.39, 0.29) is 11.9 Å². The van der Waals surface area contributed by atoms with Crippen molar-refractivity contribution in [3.05, 3.63) is 41.0 Å². The molecular weight excluding hydrogens is 346 g/mol. The first-order valence-corrected chi connectivity index (χ1v) is 8.08. The van der Waals surface area contributed by atoms with Crippen molar-refractivity contribution in [3.63, 3.8) is 0 Å². The number of hydrogen-bond acceptors (Lipinski definition) is 3. The summed E-state index contributed by atoms with van der Waals surface area (Å²) in [5, 5.41) is 7.26. The zero-order valence-electron chi connectivity index (χ0n) is 12.9. The van der Waals surface area contributed by atoms with Crippen molar-refractivity contribution in [1.82, 2.24) is 15.1 Å². The van der Waals surface area contributed by atoms with E-state index < -0.39 is 6.10 Å². The van der Waals surface area contributed by atoms with E-state index in [0.717, 1.165) is 12.1 Å². The van der Waals surface area contributed by atoms with Crippen LogP contribution in [0.2, 0.25) is 0 Å². The Kier molecular flexibility index (Phi) is 5.60. The molecule has 1 N–H and O–H groups in total. The summed E-state index contributed by atoms with van der Waals surface area (Å²) in [6, 6.07) is 9.84. The van der Waals surface area contributed by atoms with E-state index in [1.165, 1.54) is 0 Å². The van der Waals surface area contributed by atoms with Gasteiger partial charge >= 0.3 is 0 Å². The van der Waals surface area contributed by atoms with E-state index in [2.05, 4.69) is 26.3 Å². The van der Waals surface area contributed by atoms with Gasteiger partial charge in [-0.2, -0.15) is 0 Å². The molecule has 1 amide bonds. The Hall–Kier alpha value is -1.82. The number of rotatable bonds is 6. The molecule has 1 aromatic carbocycles. The zero-order chi connectivity index (χ0) is 16.1. The molecule has 2 aromatic rings. The van der Waals surface area contributed by atoms with Gasteiger partial charge in [0.2, 0.25) is 5.88 Å². The number of carbonyl (C=O) groups excluding carboxylic acids is 1. The van der Waals surface area contributed by atoms with Crippen LogP contribution >= 0.6 is 15.9 Å². The average Bonchev–Trinajstić information content (AvgIpc) is 2.89. The zero-order valence-corrected chi connectivity index (χ0v) is 14.5. The minimum atomic E-state index is -0.607. The van der Waals surface area contributed by atoms with Crippen LogP contribution in [0.15, 0.2) is 41.0 Å². The lowest BCUT2D eigenvalue weighted by Gasteiger charge is -2.16. The maximum Gasteiger partial charge on any atom is 0.261 e. The number of hydrogen-bond donors (Lipinski definition) is 1. The van der Waals surface area contributed by atoms with Gasteiger partial charge in [0.15, 0.2) is 6.10 Å². The van der Waals surface area contributed by atoms with Crippen molar-refractivity contribution < 1.29 is 9.53 Å². The summed E-state index contributed by atoms with van der Waals surface area (Å²) in [4.78, 5) is 12.0. The highest BCUT2D eigenvalue weighted by molar-refractivity contribution is 9.10. The quantitative estimate of drug-likeness (QED) is 0.853. The van der Waals surface area contributed by atoms with Gasteiger partial charge in [-0.25, -0.2) is 4.68 Å². The lowest BCUT2D eigenvalue weighted by molar-refractivity contribution is -0.128. The molecule has 0 fully saturated rings. The fraction of sp³-hybridized carbons (Fsp3) is 0.375. The summed E-state index contributed by atoms with van der Waals surface area (Å²) < 4.78 is 8.08. The van der Waals surface area contributed by atoms with Crippen molar-refractivity contribution in [3.8, 4) is 11.6 Å². The van der Waals surface area contributed by atoms with Crippen molar-refractivity contribution >= 4 is 21.8 Å².